The lowest BCUT2D eigenvalue weighted by atomic mass is 10.1. The maximum Gasteiger partial charge on any atom is 0.303 e. The SMILES string of the molecule is CCc1ccc(CCC(=O)NC(CCC(=O)O)C(=O)NCC(N)=O)cc1. The minimum Gasteiger partial charge on any atom is -0.481 e. The van der Waals surface area contributed by atoms with Gasteiger partial charge in [0.1, 0.15) is 6.04 Å². The normalized spacial score (nSPS) is 11.4. The second-order valence-corrected chi connectivity index (χ2v) is 5.91. The minimum absolute atomic E-state index is 0.0726. The van der Waals surface area contributed by atoms with E-state index >= 15 is 0 Å². The van der Waals surface area contributed by atoms with Gasteiger partial charge in [-0.25, -0.2) is 0 Å². The fraction of sp³-hybridized carbons (Fsp3) is 0.444. The van der Waals surface area contributed by atoms with E-state index in [-0.39, 0.29) is 31.7 Å². The van der Waals surface area contributed by atoms with E-state index < -0.39 is 23.8 Å². The summed E-state index contributed by atoms with van der Waals surface area (Å²) in [6, 6.07) is 6.88. The highest BCUT2D eigenvalue weighted by Crippen LogP contribution is 2.08. The number of carboxylic acids is 1. The number of rotatable bonds is 11. The van der Waals surface area contributed by atoms with Crippen molar-refractivity contribution in [2.24, 2.45) is 5.73 Å². The van der Waals surface area contributed by atoms with Crippen LogP contribution in [-0.4, -0.2) is 41.4 Å². The number of hydrogen-bond acceptors (Lipinski definition) is 4. The Balaban J connectivity index is 2.57. The van der Waals surface area contributed by atoms with Crippen molar-refractivity contribution in [2.75, 3.05) is 6.54 Å². The van der Waals surface area contributed by atoms with Gasteiger partial charge in [0.2, 0.25) is 17.7 Å². The Bertz CT molecular complexity index is 643. The van der Waals surface area contributed by atoms with E-state index in [9.17, 15) is 19.2 Å². The first-order valence-corrected chi connectivity index (χ1v) is 8.46. The number of nitrogens with one attached hydrogen (secondary N) is 2. The second-order valence-electron chi connectivity index (χ2n) is 5.91. The third-order valence-corrected chi connectivity index (χ3v) is 3.81. The summed E-state index contributed by atoms with van der Waals surface area (Å²) in [5, 5.41) is 13.6. The molecule has 0 saturated carbocycles. The van der Waals surface area contributed by atoms with E-state index in [0.717, 1.165) is 12.0 Å². The van der Waals surface area contributed by atoms with Gasteiger partial charge in [0, 0.05) is 12.8 Å². The zero-order valence-electron chi connectivity index (χ0n) is 14.8. The smallest absolute Gasteiger partial charge is 0.303 e. The van der Waals surface area contributed by atoms with E-state index in [4.69, 9.17) is 10.8 Å². The van der Waals surface area contributed by atoms with Crippen molar-refractivity contribution < 1.29 is 24.3 Å². The van der Waals surface area contributed by atoms with Gasteiger partial charge in [-0.15, -0.1) is 0 Å². The van der Waals surface area contributed by atoms with Crippen molar-refractivity contribution in [3.05, 3.63) is 35.4 Å². The zero-order valence-corrected chi connectivity index (χ0v) is 14.8. The van der Waals surface area contributed by atoms with Crippen LogP contribution < -0.4 is 16.4 Å². The molecule has 8 heteroatoms. The molecule has 0 aliphatic carbocycles. The monoisotopic (exact) mass is 363 g/mol. The summed E-state index contributed by atoms with van der Waals surface area (Å²) in [6.45, 7) is 1.69. The number of nitrogens with two attached hydrogens (primary N) is 1. The van der Waals surface area contributed by atoms with Crippen molar-refractivity contribution in [3.8, 4) is 0 Å². The number of primary amides is 1. The van der Waals surface area contributed by atoms with E-state index in [1.54, 1.807) is 0 Å². The molecule has 0 aliphatic rings. The number of aryl methyl sites for hydroxylation is 2. The quantitative estimate of drug-likeness (QED) is 0.443. The third kappa shape index (κ3) is 8.27. The van der Waals surface area contributed by atoms with Gasteiger partial charge >= 0.3 is 5.97 Å². The molecule has 5 N–H and O–H groups in total. The fourth-order valence-corrected chi connectivity index (χ4v) is 2.30. The van der Waals surface area contributed by atoms with Crippen LogP contribution in [0.5, 0.6) is 0 Å². The Morgan fingerprint density at radius 3 is 2.23 bits per heavy atom. The van der Waals surface area contributed by atoms with Crippen LogP contribution in [0.15, 0.2) is 24.3 Å². The van der Waals surface area contributed by atoms with Gasteiger partial charge in [-0.05, 0) is 30.4 Å². The molecular weight excluding hydrogens is 338 g/mol. The van der Waals surface area contributed by atoms with Gasteiger partial charge in [0.25, 0.3) is 0 Å². The Hall–Kier alpha value is -2.90. The van der Waals surface area contributed by atoms with Gasteiger partial charge in [-0.3, -0.25) is 19.2 Å². The van der Waals surface area contributed by atoms with Gasteiger partial charge in [0.05, 0.1) is 6.54 Å². The number of aliphatic carboxylic acids is 1. The van der Waals surface area contributed by atoms with Crippen LogP contribution in [0.3, 0.4) is 0 Å². The predicted octanol–water partition coefficient (Wildman–Crippen LogP) is 0.133. The molecule has 26 heavy (non-hydrogen) atoms. The molecule has 1 aromatic carbocycles. The molecule has 1 aromatic rings. The first kappa shape index (κ1) is 21.1. The molecule has 0 fully saturated rings. The van der Waals surface area contributed by atoms with Crippen molar-refractivity contribution in [3.63, 3.8) is 0 Å². The summed E-state index contributed by atoms with van der Waals surface area (Å²) in [5.74, 6) is -2.81. The van der Waals surface area contributed by atoms with E-state index in [1.807, 2.05) is 24.3 Å². The number of amides is 3. The lowest BCUT2D eigenvalue weighted by molar-refractivity contribution is -0.138. The Kier molecular flexibility index (Phi) is 8.83. The summed E-state index contributed by atoms with van der Waals surface area (Å²) < 4.78 is 0. The van der Waals surface area contributed by atoms with Gasteiger partial charge in [0.15, 0.2) is 0 Å². The van der Waals surface area contributed by atoms with Gasteiger partial charge in [-0.1, -0.05) is 31.2 Å². The van der Waals surface area contributed by atoms with Crippen molar-refractivity contribution in [2.45, 2.75) is 45.1 Å². The van der Waals surface area contributed by atoms with E-state index in [1.165, 1.54) is 5.56 Å². The standard InChI is InChI=1S/C18H25N3O5/c1-2-12-3-5-13(6-4-12)7-9-16(23)21-14(8-10-17(24)25)18(26)20-11-15(19)22/h3-6,14H,2,7-11H2,1H3,(H2,19,22)(H,20,26)(H,21,23)(H,24,25). The summed E-state index contributed by atoms with van der Waals surface area (Å²) >= 11 is 0. The first-order chi connectivity index (χ1) is 12.3. The van der Waals surface area contributed by atoms with Gasteiger partial charge in [-0.2, -0.15) is 0 Å². The van der Waals surface area contributed by atoms with Crippen LogP contribution in [0.1, 0.15) is 37.3 Å². The molecule has 0 spiro atoms. The number of carbonyl (C=O) groups is 4. The van der Waals surface area contributed by atoms with Crippen LogP contribution in [0.2, 0.25) is 0 Å². The maximum atomic E-state index is 12.1. The summed E-state index contributed by atoms with van der Waals surface area (Å²) in [5.41, 5.74) is 7.17. The molecule has 0 bridgehead atoms. The third-order valence-electron chi connectivity index (χ3n) is 3.81. The molecular formula is C18H25N3O5. The molecule has 0 heterocycles. The molecule has 1 rings (SSSR count). The molecule has 0 aromatic heterocycles. The largest absolute Gasteiger partial charge is 0.481 e. The molecule has 3 amide bonds. The molecule has 1 atom stereocenters. The molecule has 0 radical (unpaired) electrons. The Morgan fingerprint density at radius 1 is 1.08 bits per heavy atom. The fourth-order valence-electron chi connectivity index (χ4n) is 2.30. The lowest BCUT2D eigenvalue weighted by Gasteiger charge is -2.17. The summed E-state index contributed by atoms with van der Waals surface area (Å²) in [6.07, 6.45) is 1.25. The first-order valence-electron chi connectivity index (χ1n) is 8.46. The number of hydrogen-bond donors (Lipinski definition) is 4. The van der Waals surface area contributed by atoms with Crippen LogP contribution in [0.4, 0.5) is 0 Å². The average molecular weight is 363 g/mol. The summed E-state index contributed by atoms with van der Waals surface area (Å²) in [7, 11) is 0. The Morgan fingerprint density at radius 2 is 1.69 bits per heavy atom. The summed E-state index contributed by atoms with van der Waals surface area (Å²) in [4.78, 5) is 45.6. The maximum absolute atomic E-state index is 12.1. The van der Waals surface area contributed by atoms with Crippen LogP contribution >= 0.6 is 0 Å². The number of carboxylic acid groups (broad SMARTS) is 1. The number of carbonyl (C=O) groups excluding carboxylic acids is 3. The van der Waals surface area contributed by atoms with Crippen molar-refractivity contribution in [1.29, 1.82) is 0 Å². The Labute approximate surface area is 152 Å². The van der Waals surface area contributed by atoms with Crippen molar-refractivity contribution >= 4 is 23.7 Å². The molecule has 142 valence electrons. The van der Waals surface area contributed by atoms with E-state index in [2.05, 4.69) is 17.6 Å². The zero-order chi connectivity index (χ0) is 19.5. The molecule has 0 aliphatic heterocycles. The minimum atomic E-state index is -1.08. The number of benzene rings is 1. The van der Waals surface area contributed by atoms with Crippen molar-refractivity contribution in [1.82, 2.24) is 10.6 Å². The van der Waals surface area contributed by atoms with Crippen LogP contribution in [-0.2, 0) is 32.0 Å². The highest BCUT2D eigenvalue weighted by atomic mass is 16.4. The average Bonchev–Trinajstić information content (AvgIpc) is 2.61. The van der Waals surface area contributed by atoms with E-state index in [0.29, 0.717) is 6.42 Å². The molecule has 1 unspecified atom stereocenters. The predicted molar refractivity (Wildman–Crippen MR) is 95.1 cm³/mol. The van der Waals surface area contributed by atoms with Gasteiger partial charge < -0.3 is 21.5 Å². The van der Waals surface area contributed by atoms with Crippen LogP contribution in [0, 0.1) is 0 Å². The topological polar surface area (TPSA) is 139 Å². The lowest BCUT2D eigenvalue weighted by Crippen LogP contribution is -2.48. The second kappa shape index (κ2) is 10.9. The molecule has 0 saturated heterocycles. The highest BCUT2D eigenvalue weighted by molar-refractivity contribution is 5.90. The highest BCUT2D eigenvalue weighted by Gasteiger charge is 2.21. The molecule has 8 nitrogen and oxygen atoms in total. The van der Waals surface area contributed by atoms with Crippen LogP contribution in [0.25, 0.3) is 0 Å².